The van der Waals surface area contributed by atoms with Crippen LogP contribution in [0.3, 0.4) is 0 Å². The van der Waals surface area contributed by atoms with E-state index in [1.54, 1.807) is 6.07 Å². The summed E-state index contributed by atoms with van der Waals surface area (Å²) >= 11 is 0. The lowest BCUT2D eigenvalue weighted by atomic mass is 10.1. The fourth-order valence-electron chi connectivity index (χ4n) is 2.86. The van der Waals surface area contributed by atoms with Gasteiger partial charge in [-0.3, -0.25) is 19.9 Å². The molecule has 0 aromatic heterocycles. The van der Waals surface area contributed by atoms with Crippen molar-refractivity contribution in [3.63, 3.8) is 0 Å². The van der Waals surface area contributed by atoms with Gasteiger partial charge in [-0.2, -0.15) is 13.2 Å². The molecule has 1 heterocycles. The molecule has 0 bridgehead atoms. The Labute approximate surface area is 156 Å². The lowest BCUT2D eigenvalue weighted by molar-refractivity contribution is -0.137. The first-order valence-electron chi connectivity index (χ1n) is 8.96. The largest absolute Gasteiger partial charge is 0.416 e. The molecule has 0 unspecified atom stereocenters. The summed E-state index contributed by atoms with van der Waals surface area (Å²) in [6, 6.07) is 4.85. The number of alkyl halides is 3. The number of nitrogens with zero attached hydrogens (tertiary/aromatic N) is 2. The zero-order valence-electron chi connectivity index (χ0n) is 15.3. The highest BCUT2D eigenvalue weighted by Crippen LogP contribution is 2.29. The van der Waals surface area contributed by atoms with E-state index in [9.17, 15) is 22.8 Å². The predicted molar refractivity (Wildman–Crippen MR) is 95.0 cm³/mol. The molecule has 1 fully saturated rings. The molecule has 0 saturated carbocycles. The van der Waals surface area contributed by atoms with E-state index in [0.717, 1.165) is 12.5 Å². The Morgan fingerprint density at radius 2 is 1.78 bits per heavy atom. The van der Waals surface area contributed by atoms with Crippen LogP contribution in [0.2, 0.25) is 0 Å². The zero-order valence-corrected chi connectivity index (χ0v) is 15.3. The average molecular weight is 386 g/mol. The summed E-state index contributed by atoms with van der Waals surface area (Å²) in [5, 5.41) is 4.85. The fourth-order valence-corrected chi connectivity index (χ4v) is 2.86. The number of benzene rings is 1. The van der Waals surface area contributed by atoms with Crippen LogP contribution in [0.15, 0.2) is 24.3 Å². The van der Waals surface area contributed by atoms with E-state index in [2.05, 4.69) is 15.5 Å². The lowest BCUT2D eigenvalue weighted by Crippen LogP contribution is -2.50. The molecule has 1 aromatic rings. The minimum absolute atomic E-state index is 0.122. The fraction of sp³-hybridized carbons (Fsp3) is 0.556. The molecular formula is C18H25F3N4O2. The first-order chi connectivity index (χ1) is 12.8. The van der Waals surface area contributed by atoms with Gasteiger partial charge in [0, 0.05) is 39.3 Å². The molecule has 9 heteroatoms. The second kappa shape index (κ2) is 9.70. The molecule has 3 amide bonds. The van der Waals surface area contributed by atoms with Crippen LogP contribution < -0.4 is 10.6 Å². The first kappa shape index (κ1) is 21.2. The molecule has 150 valence electrons. The van der Waals surface area contributed by atoms with E-state index in [1.165, 1.54) is 12.1 Å². The number of imide groups is 1. The molecule has 0 spiro atoms. The monoisotopic (exact) mass is 386 g/mol. The standard InChI is InChI=1S/C18H25F3N4O2/c1-2-6-22-17(27)23-16(26)13-25-9-7-24(8-10-25)12-14-4-3-5-15(11-14)18(19,20)21/h3-5,11H,2,6-10,12-13H2,1H3,(H2,22,23,26,27). The molecule has 1 aromatic carbocycles. The maximum absolute atomic E-state index is 12.8. The first-order valence-corrected chi connectivity index (χ1v) is 8.96. The minimum Gasteiger partial charge on any atom is -0.338 e. The van der Waals surface area contributed by atoms with Gasteiger partial charge in [-0.1, -0.05) is 25.1 Å². The van der Waals surface area contributed by atoms with Crippen molar-refractivity contribution in [3.05, 3.63) is 35.4 Å². The zero-order chi connectivity index (χ0) is 19.9. The number of carbonyl (C=O) groups excluding carboxylic acids is 2. The quantitative estimate of drug-likeness (QED) is 0.786. The number of urea groups is 1. The van der Waals surface area contributed by atoms with E-state index >= 15 is 0 Å². The highest BCUT2D eigenvalue weighted by Gasteiger charge is 2.30. The molecular weight excluding hydrogens is 361 g/mol. The number of nitrogens with one attached hydrogen (secondary N) is 2. The van der Waals surface area contributed by atoms with Crippen LogP contribution in [0.25, 0.3) is 0 Å². The smallest absolute Gasteiger partial charge is 0.338 e. The number of carbonyl (C=O) groups is 2. The molecule has 0 atom stereocenters. The molecule has 0 aliphatic carbocycles. The highest BCUT2D eigenvalue weighted by atomic mass is 19.4. The Kier molecular flexibility index (Phi) is 7.61. The van der Waals surface area contributed by atoms with Crippen LogP contribution in [-0.4, -0.2) is 61.0 Å². The Morgan fingerprint density at radius 3 is 2.41 bits per heavy atom. The van der Waals surface area contributed by atoms with Crippen molar-refractivity contribution >= 4 is 11.9 Å². The number of rotatable bonds is 6. The van der Waals surface area contributed by atoms with Gasteiger partial charge in [0.2, 0.25) is 5.91 Å². The molecule has 27 heavy (non-hydrogen) atoms. The molecule has 1 aliphatic rings. The molecule has 1 saturated heterocycles. The van der Waals surface area contributed by atoms with Gasteiger partial charge in [0.05, 0.1) is 12.1 Å². The maximum atomic E-state index is 12.8. The SMILES string of the molecule is CCCNC(=O)NC(=O)CN1CCN(Cc2cccc(C(F)(F)F)c2)CC1. The number of hydrogen-bond acceptors (Lipinski definition) is 4. The predicted octanol–water partition coefficient (Wildman–Crippen LogP) is 2.06. The summed E-state index contributed by atoms with van der Waals surface area (Å²) in [4.78, 5) is 27.3. The maximum Gasteiger partial charge on any atom is 0.416 e. The Morgan fingerprint density at radius 1 is 1.11 bits per heavy atom. The lowest BCUT2D eigenvalue weighted by Gasteiger charge is -2.34. The van der Waals surface area contributed by atoms with Gasteiger partial charge in [0.15, 0.2) is 0 Å². The highest BCUT2D eigenvalue weighted by molar-refractivity contribution is 5.95. The van der Waals surface area contributed by atoms with Crippen LogP contribution >= 0.6 is 0 Å². The van der Waals surface area contributed by atoms with E-state index < -0.39 is 17.8 Å². The summed E-state index contributed by atoms with van der Waals surface area (Å²) in [5.74, 6) is -0.366. The number of piperazine rings is 1. The summed E-state index contributed by atoms with van der Waals surface area (Å²) in [6.45, 7) is 5.50. The second-order valence-corrected chi connectivity index (χ2v) is 6.55. The van der Waals surface area contributed by atoms with Gasteiger partial charge < -0.3 is 5.32 Å². The Balaban J connectivity index is 1.75. The van der Waals surface area contributed by atoms with Crippen molar-refractivity contribution in [1.29, 1.82) is 0 Å². The third-order valence-corrected chi connectivity index (χ3v) is 4.28. The van der Waals surface area contributed by atoms with Crippen molar-refractivity contribution < 1.29 is 22.8 Å². The van der Waals surface area contributed by atoms with E-state index in [-0.39, 0.29) is 12.5 Å². The molecule has 0 radical (unpaired) electrons. The Bertz CT molecular complexity index is 644. The number of amides is 3. The van der Waals surface area contributed by atoms with Crippen molar-refractivity contribution in [2.75, 3.05) is 39.3 Å². The van der Waals surface area contributed by atoms with E-state index in [1.807, 2.05) is 11.8 Å². The van der Waals surface area contributed by atoms with Gasteiger partial charge >= 0.3 is 12.2 Å². The number of hydrogen-bond donors (Lipinski definition) is 2. The normalized spacial score (nSPS) is 16.1. The van der Waals surface area contributed by atoms with Crippen LogP contribution in [0, 0.1) is 0 Å². The third kappa shape index (κ3) is 7.18. The van der Waals surface area contributed by atoms with Crippen molar-refractivity contribution in [2.45, 2.75) is 26.1 Å². The van der Waals surface area contributed by atoms with Crippen LogP contribution in [0.5, 0.6) is 0 Å². The molecule has 1 aliphatic heterocycles. The van der Waals surface area contributed by atoms with Gasteiger partial charge in [-0.15, -0.1) is 0 Å². The van der Waals surface area contributed by atoms with Crippen LogP contribution in [-0.2, 0) is 17.5 Å². The third-order valence-electron chi connectivity index (χ3n) is 4.28. The molecule has 2 rings (SSSR count). The number of halogens is 3. The Hall–Kier alpha value is -2.13. The second-order valence-electron chi connectivity index (χ2n) is 6.55. The summed E-state index contributed by atoms with van der Waals surface area (Å²) in [6.07, 6.45) is -3.55. The van der Waals surface area contributed by atoms with E-state index in [0.29, 0.717) is 44.8 Å². The van der Waals surface area contributed by atoms with Crippen molar-refractivity contribution in [1.82, 2.24) is 20.4 Å². The van der Waals surface area contributed by atoms with Gasteiger partial charge in [-0.05, 0) is 18.1 Å². The summed E-state index contributed by atoms with van der Waals surface area (Å²) in [7, 11) is 0. The van der Waals surface area contributed by atoms with Gasteiger partial charge in [-0.25, -0.2) is 4.79 Å². The van der Waals surface area contributed by atoms with E-state index in [4.69, 9.17) is 0 Å². The summed E-state index contributed by atoms with van der Waals surface area (Å²) in [5.41, 5.74) is -0.0275. The summed E-state index contributed by atoms with van der Waals surface area (Å²) < 4.78 is 38.4. The van der Waals surface area contributed by atoms with Crippen molar-refractivity contribution in [2.24, 2.45) is 0 Å². The van der Waals surface area contributed by atoms with Crippen LogP contribution in [0.1, 0.15) is 24.5 Å². The van der Waals surface area contributed by atoms with Crippen molar-refractivity contribution in [3.8, 4) is 0 Å². The molecule has 2 N–H and O–H groups in total. The topological polar surface area (TPSA) is 64.7 Å². The van der Waals surface area contributed by atoms with Crippen LogP contribution in [0.4, 0.5) is 18.0 Å². The minimum atomic E-state index is -4.34. The molecule has 6 nitrogen and oxygen atoms in total. The van der Waals surface area contributed by atoms with Gasteiger partial charge in [0.1, 0.15) is 0 Å². The average Bonchev–Trinajstić information content (AvgIpc) is 2.61. The van der Waals surface area contributed by atoms with Gasteiger partial charge in [0.25, 0.3) is 0 Å².